The summed E-state index contributed by atoms with van der Waals surface area (Å²) >= 11 is 0. The highest BCUT2D eigenvalue weighted by Crippen LogP contribution is 2.17. The molecule has 0 aliphatic heterocycles. The summed E-state index contributed by atoms with van der Waals surface area (Å²) in [5.41, 5.74) is 3.74. The highest BCUT2D eigenvalue weighted by atomic mass is 16.5. The van der Waals surface area contributed by atoms with E-state index in [-0.39, 0.29) is 0 Å². The van der Waals surface area contributed by atoms with Crippen molar-refractivity contribution < 1.29 is 4.74 Å². The Morgan fingerprint density at radius 2 is 1.60 bits per heavy atom. The van der Waals surface area contributed by atoms with Gasteiger partial charge in [-0.2, -0.15) is 0 Å². The van der Waals surface area contributed by atoms with Crippen molar-refractivity contribution >= 4 is 5.69 Å². The van der Waals surface area contributed by atoms with Crippen LogP contribution in [0.1, 0.15) is 18.1 Å². The molecule has 2 nitrogen and oxygen atoms in total. The van der Waals surface area contributed by atoms with Gasteiger partial charge >= 0.3 is 0 Å². The summed E-state index contributed by atoms with van der Waals surface area (Å²) < 4.78 is 5.88. The zero-order valence-electron chi connectivity index (χ0n) is 12.6. The number of benzene rings is 2. The third-order valence-electron chi connectivity index (χ3n) is 3.33. The minimum Gasteiger partial charge on any atom is -0.492 e. The van der Waals surface area contributed by atoms with Crippen LogP contribution in [0.3, 0.4) is 0 Å². The highest BCUT2D eigenvalue weighted by molar-refractivity contribution is 5.45. The molecule has 20 heavy (non-hydrogen) atoms. The number of rotatable bonds is 6. The van der Waals surface area contributed by atoms with Crippen LogP contribution in [0, 0.1) is 13.8 Å². The second-order valence-corrected chi connectivity index (χ2v) is 5.09. The maximum absolute atomic E-state index is 5.88. The van der Waals surface area contributed by atoms with Gasteiger partial charge in [-0.05, 0) is 56.2 Å². The van der Waals surface area contributed by atoms with Gasteiger partial charge in [0.15, 0.2) is 0 Å². The van der Waals surface area contributed by atoms with E-state index in [0.717, 1.165) is 18.8 Å². The lowest BCUT2D eigenvalue weighted by Crippen LogP contribution is -2.27. The molecule has 0 heterocycles. The number of ether oxygens (including phenoxy) is 1. The lowest BCUT2D eigenvalue weighted by molar-refractivity contribution is 0.324. The maximum Gasteiger partial charge on any atom is 0.119 e. The van der Waals surface area contributed by atoms with Gasteiger partial charge in [-0.15, -0.1) is 0 Å². The van der Waals surface area contributed by atoms with Crippen LogP contribution in [0.25, 0.3) is 0 Å². The Labute approximate surface area is 122 Å². The first kappa shape index (κ1) is 14.4. The van der Waals surface area contributed by atoms with Gasteiger partial charge in [-0.3, -0.25) is 0 Å². The Bertz CT molecular complexity index is 516. The van der Waals surface area contributed by atoms with Crippen LogP contribution in [0.15, 0.2) is 48.5 Å². The van der Waals surface area contributed by atoms with Gasteiger partial charge in [-0.1, -0.05) is 24.3 Å². The second-order valence-electron chi connectivity index (χ2n) is 5.09. The zero-order valence-corrected chi connectivity index (χ0v) is 12.6. The lowest BCUT2D eigenvalue weighted by atomic mass is 10.1. The summed E-state index contributed by atoms with van der Waals surface area (Å²) in [6.07, 6.45) is 0. The van der Waals surface area contributed by atoms with Crippen LogP contribution in [0.2, 0.25) is 0 Å². The van der Waals surface area contributed by atoms with Crippen LogP contribution in [0.4, 0.5) is 5.69 Å². The molecule has 0 N–H and O–H groups in total. The van der Waals surface area contributed by atoms with E-state index in [1.165, 1.54) is 16.8 Å². The van der Waals surface area contributed by atoms with Crippen molar-refractivity contribution in [2.45, 2.75) is 20.8 Å². The van der Waals surface area contributed by atoms with E-state index in [0.29, 0.717) is 6.61 Å². The molecule has 2 aromatic rings. The van der Waals surface area contributed by atoms with Gasteiger partial charge < -0.3 is 9.64 Å². The average Bonchev–Trinajstić information content (AvgIpc) is 2.43. The van der Waals surface area contributed by atoms with Crippen molar-refractivity contribution in [3.05, 3.63) is 59.7 Å². The van der Waals surface area contributed by atoms with Gasteiger partial charge in [0.1, 0.15) is 12.4 Å². The molecule has 0 saturated heterocycles. The summed E-state index contributed by atoms with van der Waals surface area (Å²) in [4.78, 5) is 2.32. The molecule has 106 valence electrons. The number of hydrogen-bond acceptors (Lipinski definition) is 2. The molecule has 2 rings (SSSR count). The molecule has 2 aromatic carbocycles. The fourth-order valence-corrected chi connectivity index (χ4v) is 2.40. The Kier molecular flexibility index (Phi) is 5.05. The molecule has 0 radical (unpaired) electrons. The average molecular weight is 269 g/mol. The molecule has 0 bridgehead atoms. The number of likely N-dealkylation sites (N-methyl/N-ethyl adjacent to an activating group) is 1. The first-order valence-electron chi connectivity index (χ1n) is 7.20. The van der Waals surface area contributed by atoms with Gasteiger partial charge in [0.25, 0.3) is 0 Å². The van der Waals surface area contributed by atoms with Crippen LogP contribution >= 0.6 is 0 Å². The number of para-hydroxylation sites is 1. The van der Waals surface area contributed by atoms with Crippen molar-refractivity contribution in [3.8, 4) is 5.75 Å². The van der Waals surface area contributed by atoms with Crippen molar-refractivity contribution in [2.75, 3.05) is 24.6 Å². The standard InChI is InChI=1S/C18H23NO/c1-4-19(17-8-6-5-7-9-17)10-11-20-18-13-15(2)12-16(3)14-18/h5-9,12-14H,4,10-11H2,1-3H3. The van der Waals surface area contributed by atoms with E-state index in [9.17, 15) is 0 Å². The number of hydrogen-bond donors (Lipinski definition) is 0. The summed E-state index contributed by atoms with van der Waals surface area (Å²) in [6, 6.07) is 16.8. The van der Waals surface area contributed by atoms with Gasteiger partial charge in [0, 0.05) is 12.2 Å². The minimum atomic E-state index is 0.700. The molecule has 0 atom stereocenters. The molecule has 2 heteroatoms. The Morgan fingerprint density at radius 3 is 2.20 bits per heavy atom. The monoisotopic (exact) mass is 269 g/mol. The summed E-state index contributed by atoms with van der Waals surface area (Å²) in [6.45, 7) is 8.95. The van der Waals surface area contributed by atoms with Gasteiger partial charge in [0.05, 0.1) is 6.54 Å². The van der Waals surface area contributed by atoms with E-state index < -0.39 is 0 Å². The maximum atomic E-state index is 5.88. The molecular weight excluding hydrogens is 246 g/mol. The summed E-state index contributed by atoms with van der Waals surface area (Å²) in [7, 11) is 0. The largest absolute Gasteiger partial charge is 0.492 e. The molecule has 0 spiro atoms. The fraction of sp³-hybridized carbons (Fsp3) is 0.333. The number of anilines is 1. The third kappa shape index (κ3) is 4.02. The predicted molar refractivity (Wildman–Crippen MR) is 85.7 cm³/mol. The lowest BCUT2D eigenvalue weighted by Gasteiger charge is -2.23. The second kappa shape index (κ2) is 6.99. The van der Waals surface area contributed by atoms with Gasteiger partial charge in [0.2, 0.25) is 0 Å². The Balaban J connectivity index is 1.91. The number of aryl methyl sites for hydroxylation is 2. The quantitative estimate of drug-likeness (QED) is 0.779. The van der Waals surface area contributed by atoms with Crippen LogP contribution in [-0.4, -0.2) is 19.7 Å². The zero-order chi connectivity index (χ0) is 14.4. The van der Waals surface area contributed by atoms with E-state index >= 15 is 0 Å². The normalized spacial score (nSPS) is 10.3. The molecule has 0 aliphatic rings. The Morgan fingerprint density at radius 1 is 0.950 bits per heavy atom. The first-order chi connectivity index (χ1) is 9.69. The molecule has 0 unspecified atom stereocenters. The van der Waals surface area contributed by atoms with E-state index in [4.69, 9.17) is 4.74 Å². The van der Waals surface area contributed by atoms with E-state index in [1.807, 2.05) is 6.07 Å². The molecule has 0 fully saturated rings. The van der Waals surface area contributed by atoms with Crippen molar-refractivity contribution in [1.82, 2.24) is 0 Å². The number of nitrogens with zero attached hydrogens (tertiary/aromatic N) is 1. The molecular formula is C18H23NO. The summed E-state index contributed by atoms with van der Waals surface area (Å²) in [5.74, 6) is 0.964. The van der Waals surface area contributed by atoms with Crippen molar-refractivity contribution in [2.24, 2.45) is 0 Å². The Hall–Kier alpha value is -1.96. The highest BCUT2D eigenvalue weighted by Gasteiger charge is 2.04. The van der Waals surface area contributed by atoms with Crippen LogP contribution in [-0.2, 0) is 0 Å². The molecule has 0 saturated carbocycles. The first-order valence-corrected chi connectivity index (χ1v) is 7.20. The third-order valence-corrected chi connectivity index (χ3v) is 3.33. The smallest absolute Gasteiger partial charge is 0.119 e. The SMILES string of the molecule is CCN(CCOc1cc(C)cc(C)c1)c1ccccc1. The van der Waals surface area contributed by atoms with Gasteiger partial charge in [-0.25, -0.2) is 0 Å². The van der Waals surface area contributed by atoms with Crippen molar-refractivity contribution in [3.63, 3.8) is 0 Å². The fourth-order valence-electron chi connectivity index (χ4n) is 2.40. The summed E-state index contributed by atoms with van der Waals surface area (Å²) in [5, 5.41) is 0. The minimum absolute atomic E-state index is 0.700. The van der Waals surface area contributed by atoms with E-state index in [2.05, 4.69) is 68.1 Å². The van der Waals surface area contributed by atoms with Crippen molar-refractivity contribution in [1.29, 1.82) is 0 Å². The molecule has 0 aromatic heterocycles. The van der Waals surface area contributed by atoms with Crippen LogP contribution in [0.5, 0.6) is 5.75 Å². The van der Waals surface area contributed by atoms with E-state index in [1.54, 1.807) is 0 Å². The molecule has 0 amide bonds. The molecule has 0 aliphatic carbocycles. The van der Waals surface area contributed by atoms with Crippen LogP contribution < -0.4 is 9.64 Å². The topological polar surface area (TPSA) is 12.5 Å². The predicted octanol–water partition coefficient (Wildman–Crippen LogP) is 4.21.